The minimum atomic E-state index is -3.22. The van der Waals surface area contributed by atoms with Gasteiger partial charge in [0.15, 0.2) is 9.84 Å². The zero-order valence-corrected chi connectivity index (χ0v) is 22.3. The second-order valence-corrected chi connectivity index (χ2v) is 12.1. The highest BCUT2D eigenvalue weighted by atomic mass is 35.5. The summed E-state index contributed by atoms with van der Waals surface area (Å²) in [6.45, 7) is 0.602. The lowest BCUT2D eigenvalue weighted by Gasteiger charge is -2.30. The van der Waals surface area contributed by atoms with E-state index < -0.39 is 33.6 Å². The van der Waals surface area contributed by atoms with E-state index in [9.17, 15) is 27.6 Å². The van der Waals surface area contributed by atoms with Crippen LogP contribution in [0.25, 0.3) is 0 Å². The summed E-state index contributed by atoms with van der Waals surface area (Å²) in [6.07, 6.45) is 1.91. The van der Waals surface area contributed by atoms with Crippen LogP contribution in [0.2, 0.25) is 5.02 Å². The molecular formula is C26H29ClN4O6S. The highest BCUT2D eigenvalue weighted by Crippen LogP contribution is 2.21. The maximum atomic E-state index is 13.3. The molecule has 1 unspecified atom stereocenters. The quantitative estimate of drug-likeness (QED) is 0.533. The summed E-state index contributed by atoms with van der Waals surface area (Å²) in [7, 11) is -3.22. The number of halogens is 1. The van der Waals surface area contributed by atoms with Crippen molar-refractivity contribution in [2.45, 2.75) is 31.7 Å². The summed E-state index contributed by atoms with van der Waals surface area (Å²) in [6, 6.07) is 11.7. The van der Waals surface area contributed by atoms with Gasteiger partial charge in [-0.1, -0.05) is 11.6 Å². The molecule has 1 atom stereocenters. The fourth-order valence-corrected chi connectivity index (χ4v) is 5.72. The number of sulfone groups is 1. The number of carbonyl (C=O) groups excluding carboxylic acids is 4. The second kappa shape index (κ2) is 12.0. The molecule has 4 rings (SSSR count). The normalized spacial score (nSPS) is 18.0. The average molecular weight is 561 g/mol. The standard InChI is InChI=1S/C26H29ClN4O6S/c27-19-6-8-20(9-7-19)28-23(32)17-22(26(35)30-13-15-38(36,37)16-14-30)29-25(34)18-4-10-21(11-5-18)31-12-2-1-3-24(31)33/h4-11,22H,1-3,12-17H2,(H,28,32)(H,29,34). The van der Waals surface area contributed by atoms with Crippen molar-refractivity contribution in [3.05, 3.63) is 59.1 Å². The van der Waals surface area contributed by atoms with Crippen LogP contribution in [0, 0.1) is 0 Å². The second-order valence-electron chi connectivity index (χ2n) is 9.31. The minimum Gasteiger partial charge on any atom is -0.340 e. The van der Waals surface area contributed by atoms with Crippen LogP contribution in [0.3, 0.4) is 0 Å². The van der Waals surface area contributed by atoms with Crippen molar-refractivity contribution in [1.29, 1.82) is 0 Å². The van der Waals surface area contributed by atoms with Crippen molar-refractivity contribution in [3.8, 4) is 0 Å². The van der Waals surface area contributed by atoms with Gasteiger partial charge in [0.25, 0.3) is 5.91 Å². The van der Waals surface area contributed by atoms with Crippen LogP contribution in [0.1, 0.15) is 36.0 Å². The molecule has 2 N–H and O–H groups in total. The first kappa shape index (κ1) is 27.6. The number of amides is 4. The van der Waals surface area contributed by atoms with Gasteiger partial charge in [0.1, 0.15) is 6.04 Å². The van der Waals surface area contributed by atoms with E-state index in [0.717, 1.165) is 12.8 Å². The van der Waals surface area contributed by atoms with Crippen LogP contribution in [0.15, 0.2) is 48.5 Å². The number of nitrogens with zero attached hydrogens (tertiary/aromatic N) is 2. The summed E-state index contributed by atoms with van der Waals surface area (Å²) in [5.74, 6) is -1.91. The molecule has 0 bridgehead atoms. The lowest BCUT2D eigenvalue weighted by molar-refractivity contribution is -0.134. The monoisotopic (exact) mass is 560 g/mol. The van der Waals surface area contributed by atoms with Gasteiger partial charge in [0.05, 0.1) is 17.9 Å². The minimum absolute atomic E-state index is 0.00903. The third kappa shape index (κ3) is 7.11. The van der Waals surface area contributed by atoms with Crippen molar-refractivity contribution in [2.24, 2.45) is 0 Å². The zero-order valence-electron chi connectivity index (χ0n) is 20.7. The van der Waals surface area contributed by atoms with Crippen molar-refractivity contribution in [2.75, 3.05) is 41.4 Å². The molecule has 12 heteroatoms. The SMILES string of the molecule is O=C(CC(NC(=O)c1ccc(N2CCCCC2=O)cc1)C(=O)N1CCS(=O)(=O)CC1)Nc1ccc(Cl)cc1. The predicted molar refractivity (Wildman–Crippen MR) is 144 cm³/mol. The molecule has 0 spiro atoms. The average Bonchev–Trinajstić information content (AvgIpc) is 2.89. The summed E-state index contributed by atoms with van der Waals surface area (Å²) in [5.41, 5.74) is 1.43. The first-order chi connectivity index (χ1) is 18.1. The molecular weight excluding hydrogens is 532 g/mol. The molecule has 2 aromatic rings. The number of anilines is 2. The first-order valence-electron chi connectivity index (χ1n) is 12.4. The van der Waals surface area contributed by atoms with Gasteiger partial charge in [-0.3, -0.25) is 19.2 Å². The Hall–Kier alpha value is -3.44. The van der Waals surface area contributed by atoms with E-state index in [-0.39, 0.29) is 42.5 Å². The van der Waals surface area contributed by atoms with Gasteiger partial charge in [-0.05, 0) is 61.4 Å². The summed E-state index contributed by atoms with van der Waals surface area (Å²) >= 11 is 5.88. The molecule has 2 aliphatic rings. The highest BCUT2D eigenvalue weighted by Gasteiger charge is 2.32. The number of hydrogen-bond acceptors (Lipinski definition) is 6. The number of carbonyl (C=O) groups is 4. The summed E-state index contributed by atoms with van der Waals surface area (Å²) < 4.78 is 23.6. The number of piperidine rings is 1. The zero-order chi connectivity index (χ0) is 27.3. The Morgan fingerprint density at radius 1 is 0.921 bits per heavy atom. The van der Waals surface area contributed by atoms with Crippen LogP contribution in [0.4, 0.5) is 11.4 Å². The fourth-order valence-electron chi connectivity index (χ4n) is 4.40. The molecule has 2 aliphatic heterocycles. The molecule has 4 amide bonds. The van der Waals surface area contributed by atoms with Crippen LogP contribution < -0.4 is 15.5 Å². The largest absolute Gasteiger partial charge is 0.340 e. The maximum absolute atomic E-state index is 13.3. The Balaban J connectivity index is 1.47. The van der Waals surface area contributed by atoms with E-state index in [1.807, 2.05) is 0 Å². The van der Waals surface area contributed by atoms with Gasteiger partial charge in [0.2, 0.25) is 17.7 Å². The molecule has 2 saturated heterocycles. The maximum Gasteiger partial charge on any atom is 0.251 e. The van der Waals surface area contributed by atoms with Crippen molar-refractivity contribution in [3.63, 3.8) is 0 Å². The molecule has 10 nitrogen and oxygen atoms in total. The molecule has 0 aromatic heterocycles. The first-order valence-corrected chi connectivity index (χ1v) is 14.6. The van der Waals surface area contributed by atoms with Gasteiger partial charge in [0, 0.05) is 48.0 Å². The van der Waals surface area contributed by atoms with Gasteiger partial charge < -0.3 is 20.4 Å². The van der Waals surface area contributed by atoms with Crippen LogP contribution in [0.5, 0.6) is 0 Å². The summed E-state index contributed by atoms with van der Waals surface area (Å²) in [4.78, 5) is 54.4. The van der Waals surface area contributed by atoms with Crippen LogP contribution in [-0.2, 0) is 24.2 Å². The Morgan fingerprint density at radius 2 is 1.58 bits per heavy atom. The van der Waals surface area contributed by atoms with E-state index in [4.69, 9.17) is 11.6 Å². The molecule has 202 valence electrons. The Morgan fingerprint density at radius 3 is 2.21 bits per heavy atom. The number of hydrogen-bond donors (Lipinski definition) is 2. The lowest BCUT2D eigenvalue weighted by Crippen LogP contribution is -2.53. The molecule has 2 fully saturated rings. The molecule has 2 heterocycles. The molecule has 38 heavy (non-hydrogen) atoms. The Bertz CT molecular complexity index is 1300. The number of benzene rings is 2. The molecule has 0 radical (unpaired) electrons. The third-order valence-corrected chi connectivity index (χ3v) is 8.40. The Labute approximate surface area is 226 Å². The van der Waals surface area contributed by atoms with Crippen molar-refractivity contribution < 1.29 is 27.6 Å². The fraction of sp³-hybridized carbons (Fsp3) is 0.385. The number of nitrogens with one attached hydrogen (secondary N) is 2. The smallest absolute Gasteiger partial charge is 0.251 e. The third-order valence-electron chi connectivity index (χ3n) is 6.54. The number of rotatable bonds is 7. The van der Waals surface area contributed by atoms with Crippen LogP contribution in [-0.4, -0.2) is 74.1 Å². The molecule has 0 saturated carbocycles. The predicted octanol–water partition coefficient (Wildman–Crippen LogP) is 2.24. The van der Waals surface area contributed by atoms with Gasteiger partial charge >= 0.3 is 0 Å². The topological polar surface area (TPSA) is 133 Å². The van der Waals surface area contributed by atoms with E-state index in [0.29, 0.717) is 29.4 Å². The van der Waals surface area contributed by atoms with E-state index >= 15 is 0 Å². The van der Waals surface area contributed by atoms with E-state index in [2.05, 4.69) is 10.6 Å². The van der Waals surface area contributed by atoms with E-state index in [1.54, 1.807) is 53.4 Å². The molecule has 0 aliphatic carbocycles. The Kier molecular flexibility index (Phi) is 8.68. The van der Waals surface area contributed by atoms with Gasteiger partial charge in [-0.2, -0.15) is 0 Å². The van der Waals surface area contributed by atoms with Gasteiger partial charge in [-0.15, -0.1) is 0 Å². The van der Waals surface area contributed by atoms with E-state index in [1.165, 1.54) is 4.90 Å². The van der Waals surface area contributed by atoms with Gasteiger partial charge in [-0.25, -0.2) is 8.42 Å². The lowest BCUT2D eigenvalue weighted by atomic mass is 10.1. The molecule has 2 aromatic carbocycles. The highest BCUT2D eigenvalue weighted by molar-refractivity contribution is 7.91. The summed E-state index contributed by atoms with van der Waals surface area (Å²) in [5, 5.41) is 5.82. The van der Waals surface area contributed by atoms with Crippen molar-refractivity contribution in [1.82, 2.24) is 10.2 Å². The van der Waals surface area contributed by atoms with Crippen LogP contribution >= 0.6 is 11.6 Å². The van der Waals surface area contributed by atoms with Crippen molar-refractivity contribution >= 4 is 56.4 Å².